The molecule has 6 nitrogen and oxygen atoms in total. The highest BCUT2D eigenvalue weighted by atomic mass is 32.1. The minimum atomic E-state index is -0.404. The Labute approximate surface area is 108 Å². The number of hydrogen-bond donors (Lipinski definition) is 2. The van der Waals surface area contributed by atoms with Crippen LogP contribution in [0.3, 0.4) is 0 Å². The molecular weight excluding hydrogens is 252 g/mol. The molecule has 0 saturated heterocycles. The highest BCUT2D eigenvalue weighted by Crippen LogP contribution is 2.24. The fourth-order valence-corrected chi connectivity index (χ4v) is 2.02. The summed E-state index contributed by atoms with van der Waals surface area (Å²) in [6.45, 7) is 0.606. The summed E-state index contributed by atoms with van der Waals surface area (Å²) in [5, 5.41) is 16.8. The number of thiazole rings is 1. The van der Waals surface area contributed by atoms with E-state index in [1.165, 1.54) is 23.5 Å². The Morgan fingerprint density at radius 1 is 1.39 bits per heavy atom. The molecule has 0 saturated carbocycles. The third-order valence-corrected chi connectivity index (χ3v) is 3.15. The van der Waals surface area contributed by atoms with E-state index in [-0.39, 0.29) is 5.69 Å². The van der Waals surface area contributed by atoms with Crippen molar-refractivity contribution in [1.82, 2.24) is 4.98 Å². The standard InChI is InChI=1S/C11H12N4O2S/c1-12-8-2-9(4-10(3-8)15(16)17)14-6-11-5-13-7-18-11/h2-5,7,12,14H,6H2,1H3. The number of nitro benzene ring substituents is 1. The van der Waals surface area contributed by atoms with Gasteiger partial charge in [-0.2, -0.15) is 0 Å². The Morgan fingerprint density at radius 3 is 2.78 bits per heavy atom. The van der Waals surface area contributed by atoms with E-state index >= 15 is 0 Å². The van der Waals surface area contributed by atoms with Gasteiger partial charge in [0.1, 0.15) is 0 Å². The molecule has 0 aliphatic carbocycles. The summed E-state index contributed by atoms with van der Waals surface area (Å²) in [6, 6.07) is 4.84. The molecule has 0 bridgehead atoms. The van der Waals surface area contributed by atoms with Gasteiger partial charge in [-0.15, -0.1) is 11.3 Å². The molecule has 0 unspecified atom stereocenters. The maximum atomic E-state index is 10.8. The summed E-state index contributed by atoms with van der Waals surface area (Å²) in [5.41, 5.74) is 3.23. The van der Waals surface area contributed by atoms with Crippen LogP contribution >= 0.6 is 11.3 Å². The number of anilines is 2. The molecule has 2 aromatic rings. The molecule has 0 atom stereocenters. The lowest BCUT2D eigenvalue weighted by Gasteiger charge is -2.07. The lowest BCUT2D eigenvalue weighted by Crippen LogP contribution is -2.00. The normalized spacial score (nSPS) is 10.1. The van der Waals surface area contributed by atoms with Gasteiger partial charge < -0.3 is 10.6 Å². The van der Waals surface area contributed by atoms with Gasteiger partial charge in [-0.1, -0.05) is 0 Å². The monoisotopic (exact) mass is 264 g/mol. The predicted octanol–water partition coefficient (Wildman–Crippen LogP) is 2.71. The number of rotatable bonds is 5. The van der Waals surface area contributed by atoms with Crippen molar-refractivity contribution in [2.24, 2.45) is 0 Å². The molecule has 18 heavy (non-hydrogen) atoms. The van der Waals surface area contributed by atoms with Crippen LogP contribution in [0.15, 0.2) is 29.9 Å². The molecule has 2 N–H and O–H groups in total. The highest BCUT2D eigenvalue weighted by Gasteiger charge is 2.09. The topological polar surface area (TPSA) is 80.1 Å². The van der Waals surface area contributed by atoms with E-state index in [0.717, 1.165) is 4.88 Å². The van der Waals surface area contributed by atoms with Gasteiger partial charge in [0.15, 0.2) is 0 Å². The Morgan fingerprint density at radius 2 is 2.17 bits per heavy atom. The summed E-state index contributed by atoms with van der Waals surface area (Å²) < 4.78 is 0. The minimum absolute atomic E-state index is 0.0636. The Balaban J connectivity index is 2.16. The maximum absolute atomic E-state index is 10.8. The van der Waals surface area contributed by atoms with E-state index in [1.54, 1.807) is 18.8 Å². The van der Waals surface area contributed by atoms with E-state index in [0.29, 0.717) is 17.9 Å². The summed E-state index contributed by atoms with van der Waals surface area (Å²) in [6.07, 6.45) is 1.77. The van der Waals surface area contributed by atoms with Crippen LogP contribution in [0.1, 0.15) is 4.88 Å². The first-order valence-electron chi connectivity index (χ1n) is 5.27. The van der Waals surface area contributed by atoms with Crippen LogP contribution in [0, 0.1) is 10.1 Å². The Bertz CT molecular complexity index is 542. The number of hydrogen-bond acceptors (Lipinski definition) is 6. The second kappa shape index (κ2) is 5.46. The van der Waals surface area contributed by atoms with Gasteiger partial charge in [0.05, 0.1) is 17.0 Å². The minimum Gasteiger partial charge on any atom is -0.388 e. The molecule has 0 aliphatic heterocycles. The van der Waals surface area contributed by atoms with Gasteiger partial charge in [0, 0.05) is 41.6 Å². The lowest BCUT2D eigenvalue weighted by atomic mass is 10.2. The largest absolute Gasteiger partial charge is 0.388 e. The molecule has 1 aromatic heterocycles. The van der Waals surface area contributed by atoms with Gasteiger partial charge in [-0.3, -0.25) is 15.1 Å². The first kappa shape index (κ1) is 12.3. The SMILES string of the molecule is CNc1cc(NCc2cncs2)cc([N+](=O)[O-])c1. The molecule has 1 heterocycles. The summed E-state index contributed by atoms with van der Waals surface area (Å²) in [7, 11) is 1.73. The second-order valence-corrected chi connectivity index (χ2v) is 4.57. The molecule has 94 valence electrons. The van der Waals surface area contributed by atoms with Crippen LogP contribution in [0.5, 0.6) is 0 Å². The van der Waals surface area contributed by atoms with Crippen molar-refractivity contribution in [1.29, 1.82) is 0 Å². The van der Waals surface area contributed by atoms with E-state index in [1.807, 2.05) is 6.07 Å². The Kier molecular flexibility index (Phi) is 3.73. The van der Waals surface area contributed by atoms with Crippen molar-refractivity contribution < 1.29 is 4.92 Å². The van der Waals surface area contributed by atoms with E-state index in [9.17, 15) is 10.1 Å². The van der Waals surface area contributed by atoms with Gasteiger partial charge in [-0.05, 0) is 6.07 Å². The second-order valence-electron chi connectivity index (χ2n) is 3.60. The molecular formula is C11H12N4O2S. The number of nitro groups is 1. The number of aromatic nitrogens is 1. The van der Waals surface area contributed by atoms with Crippen LogP contribution in [-0.4, -0.2) is 17.0 Å². The average molecular weight is 264 g/mol. The van der Waals surface area contributed by atoms with Gasteiger partial charge in [0.2, 0.25) is 0 Å². The fraction of sp³-hybridized carbons (Fsp3) is 0.182. The molecule has 0 radical (unpaired) electrons. The zero-order valence-corrected chi connectivity index (χ0v) is 10.5. The predicted molar refractivity (Wildman–Crippen MR) is 72.1 cm³/mol. The third-order valence-electron chi connectivity index (χ3n) is 2.37. The lowest BCUT2D eigenvalue weighted by molar-refractivity contribution is -0.384. The number of non-ortho nitro benzene ring substituents is 1. The zero-order valence-electron chi connectivity index (χ0n) is 9.71. The molecule has 7 heteroatoms. The zero-order chi connectivity index (χ0) is 13.0. The number of benzene rings is 1. The van der Waals surface area contributed by atoms with Crippen molar-refractivity contribution in [2.45, 2.75) is 6.54 Å². The van der Waals surface area contributed by atoms with Gasteiger partial charge >= 0.3 is 0 Å². The molecule has 2 rings (SSSR count). The molecule has 0 fully saturated rings. The first-order valence-corrected chi connectivity index (χ1v) is 6.15. The highest BCUT2D eigenvalue weighted by molar-refractivity contribution is 7.09. The van der Waals surface area contributed by atoms with Crippen molar-refractivity contribution in [2.75, 3.05) is 17.7 Å². The van der Waals surface area contributed by atoms with Crippen LogP contribution in [-0.2, 0) is 6.54 Å². The Hall–Kier alpha value is -2.15. The summed E-state index contributed by atoms with van der Waals surface area (Å²) in [5.74, 6) is 0. The van der Waals surface area contributed by atoms with Crippen molar-refractivity contribution >= 4 is 28.4 Å². The van der Waals surface area contributed by atoms with Crippen molar-refractivity contribution in [3.8, 4) is 0 Å². The number of nitrogens with zero attached hydrogens (tertiary/aromatic N) is 2. The van der Waals surface area contributed by atoms with Crippen LogP contribution in [0.25, 0.3) is 0 Å². The van der Waals surface area contributed by atoms with E-state index in [4.69, 9.17) is 0 Å². The first-order chi connectivity index (χ1) is 8.69. The van der Waals surface area contributed by atoms with Crippen LogP contribution in [0.2, 0.25) is 0 Å². The summed E-state index contributed by atoms with van der Waals surface area (Å²) >= 11 is 1.54. The maximum Gasteiger partial charge on any atom is 0.273 e. The molecule has 1 aromatic carbocycles. The molecule has 0 spiro atoms. The third kappa shape index (κ3) is 2.95. The van der Waals surface area contributed by atoms with E-state index in [2.05, 4.69) is 15.6 Å². The molecule has 0 aliphatic rings. The quantitative estimate of drug-likeness (QED) is 0.641. The van der Waals surface area contributed by atoms with Crippen molar-refractivity contribution in [3.63, 3.8) is 0 Å². The van der Waals surface area contributed by atoms with E-state index < -0.39 is 4.92 Å². The average Bonchev–Trinajstić information content (AvgIpc) is 2.89. The fourth-order valence-electron chi connectivity index (χ4n) is 1.48. The van der Waals surface area contributed by atoms with Gasteiger partial charge in [0.25, 0.3) is 5.69 Å². The van der Waals surface area contributed by atoms with Crippen LogP contribution in [0.4, 0.5) is 17.1 Å². The van der Waals surface area contributed by atoms with Crippen LogP contribution < -0.4 is 10.6 Å². The molecule has 0 amide bonds. The van der Waals surface area contributed by atoms with Crippen molar-refractivity contribution in [3.05, 3.63) is 44.9 Å². The smallest absolute Gasteiger partial charge is 0.273 e. The van der Waals surface area contributed by atoms with Gasteiger partial charge in [-0.25, -0.2) is 0 Å². The number of nitrogens with one attached hydrogen (secondary N) is 2. The summed E-state index contributed by atoms with van der Waals surface area (Å²) in [4.78, 5) is 15.4.